The summed E-state index contributed by atoms with van der Waals surface area (Å²) in [4.78, 5) is 0.223. The number of nitrogens with one attached hydrogen (secondary N) is 1. The summed E-state index contributed by atoms with van der Waals surface area (Å²) in [5.41, 5.74) is 5.98. The lowest BCUT2D eigenvalue weighted by molar-refractivity contribution is 0.237. The molecule has 1 fully saturated rings. The zero-order valence-corrected chi connectivity index (χ0v) is 10.7. The molecule has 0 atom stereocenters. The Morgan fingerprint density at radius 2 is 2.24 bits per heavy atom. The summed E-state index contributed by atoms with van der Waals surface area (Å²) in [6.45, 7) is 1.25. The van der Waals surface area contributed by atoms with Gasteiger partial charge in [0, 0.05) is 18.3 Å². The van der Waals surface area contributed by atoms with Crippen LogP contribution in [0.4, 0.5) is 0 Å². The summed E-state index contributed by atoms with van der Waals surface area (Å²) in [7, 11) is -3.18. The van der Waals surface area contributed by atoms with E-state index < -0.39 is 9.84 Å². The smallest absolute Gasteiger partial charge is 0.178 e. The number of hydrogen-bond donors (Lipinski definition) is 2. The fourth-order valence-electron chi connectivity index (χ4n) is 1.89. The molecule has 1 saturated carbocycles. The quantitative estimate of drug-likeness (QED) is 0.810. The van der Waals surface area contributed by atoms with Gasteiger partial charge < -0.3 is 15.5 Å². The number of furan rings is 1. The lowest BCUT2D eigenvalue weighted by Gasteiger charge is -2.38. The average Bonchev–Trinajstić information content (AvgIpc) is 2.63. The van der Waals surface area contributed by atoms with Gasteiger partial charge in [-0.15, -0.1) is 0 Å². The minimum absolute atomic E-state index is 0.0771. The molecular formula is C11H18N2O3S. The Morgan fingerprint density at radius 3 is 2.71 bits per heavy atom. The Bertz CT molecular complexity index is 489. The Morgan fingerprint density at radius 1 is 1.53 bits per heavy atom. The molecule has 96 valence electrons. The van der Waals surface area contributed by atoms with E-state index in [1.165, 1.54) is 12.7 Å². The van der Waals surface area contributed by atoms with E-state index in [-0.39, 0.29) is 10.4 Å². The van der Waals surface area contributed by atoms with Gasteiger partial charge in [0.15, 0.2) is 9.84 Å². The summed E-state index contributed by atoms with van der Waals surface area (Å²) >= 11 is 0. The fraction of sp³-hybridized carbons (Fsp3) is 0.636. The molecule has 5 nitrogen and oxygen atoms in total. The third-order valence-electron chi connectivity index (χ3n) is 3.18. The zero-order valence-electron chi connectivity index (χ0n) is 9.90. The van der Waals surface area contributed by atoms with Crippen molar-refractivity contribution >= 4 is 9.84 Å². The molecule has 2 rings (SSSR count). The molecular weight excluding hydrogens is 240 g/mol. The van der Waals surface area contributed by atoms with Gasteiger partial charge in [0.05, 0.1) is 6.54 Å². The first-order chi connectivity index (χ1) is 7.89. The van der Waals surface area contributed by atoms with Crippen molar-refractivity contribution < 1.29 is 12.8 Å². The summed E-state index contributed by atoms with van der Waals surface area (Å²) < 4.78 is 27.6. The van der Waals surface area contributed by atoms with Gasteiger partial charge in [-0.2, -0.15) is 0 Å². The first-order valence-electron chi connectivity index (χ1n) is 5.66. The maximum atomic E-state index is 11.2. The average molecular weight is 258 g/mol. The molecule has 6 heteroatoms. The molecule has 0 unspecified atom stereocenters. The first-order valence-corrected chi connectivity index (χ1v) is 7.55. The first kappa shape index (κ1) is 12.6. The van der Waals surface area contributed by atoms with E-state index >= 15 is 0 Å². The maximum absolute atomic E-state index is 11.2. The van der Waals surface area contributed by atoms with Crippen molar-refractivity contribution in [3.8, 4) is 0 Å². The molecule has 3 N–H and O–H groups in total. The molecule has 17 heavy (non-hydrogen) atoms. The van der Waals surface area contributed by atoms with Crippen LogP contribution in [0.1, 0.15) is 25.0 Å². The van der Waals surface area contributed by atoms with E-state index in [0.717, 1.165) is 25.6 Å². The molecule has 0 aromatic carbocycles. The molecule has 0 bridgehead atoms. The number of hydrogen-bond acceptors (Lipinski definition) is 5. The predicted molar refractivity (Wildman–Crippen MR) is 64.3 cm³/mol. The van der Waals surface area contributed by atoms with Gasteiger partial charge in [0.25, 0.3) is 0 Å². The maximum Gasteiger partial charge on any atom is 0.178 e. The van der Waals surface area contributed by atoms with E-state index in [1.54, 1.807) is 6.07 Å². The summed E-state index contributed by atoms with van der Waals surface area (Å²) in [6.07, 6.45) is 5.73. The second-order valence-corrected chi connectivity index (χ2v) is 6.86. The summed E-state index contributed by atoms with van der Waals surface area (Å²) in [5, 5.41) is 3.20. The monoisotopic (exact) mass is 258 g/mol. The van der Waals surface area contributed by atoms with Crippen LogP contribution in [0, 0.1) is 0 Å². The SMILES string of the molecule is CS(=O)(=O)c1coc(CNCC2(N)CCC2)c1. The highest BCUT2D eigenvalue weighted by Gasteiger charge is 2.31. The van der Waals surface area contributed by atoms with Crippen molar-refractivity contribution in [1.82, 2.24) is 5.32 Å². The molecule has 0 amide bonds. The Kier molecular flexibility index (Phi) is 3.29. The molecule has 1 aliphatic carbocycles. The lowest BCUT2D eigenvalue weighted by atomic mass is 9.78. The third kappa shape index (κ3) is 3.08. The van der Waals surface area contributed by atoms with Crippen LogP contribution in [0.2, 0.25) is 0 Å². The Labute approximate surface area is 101 Å². The van der Waals surface area contributed by atoms with Crippen molar-refractivity contribution in [2.45, 2.75) is 36.2 Å². The lowest BCUT2D eigenvalue weighted by Crippen LogP contribution is -2.53. The van der Waals surface area contributed by atoms with E-state index in [2.05, 4.69) is 5.32 Å². The largest absolute Gasteiger partial charge is 0.467 e. The minimum Gasteiger partial charge on any atom is -0.467 e. The van der Waals surface area contributed by atoms with Gasteiger partial charge in [-0.1, -0.05) is 0 Å². The van der Waals surface area contributed by atoms with Crippen LogP contribution >= 0.6 is 0 Å². The van der Waals surface area contributed by atoms with Crippen molar-refractivity contribution in [2.24, 2.45) is 5.73 Å². The van der Waals surface area contributed by atoms with Crippen molar-refractivity contribution in [1.29, 1.82) is 0 Å². The predicted octanol–water partition coefficient (Wildman–Crippen LogP) is 0.654. The van der Waals surface area contributed by atoms with E-state index in [1.807, 2.05) is 0 Å². The topological polar surface area (TPSA) is 85.3 Å². The van der Waals surface area contributed by atoms with Crippen molar-refractivity contribution in [3.63, 3.8) is 0 Å². The van der Waals surface area contributed by atoms with Gasteiger partial charge in [-0.05, 0) is 25.3 Å². The second-order valence-electron chi connectivity index (χ2n) is 4.84. The molecule has 0 aliphatic heterocycles. The number of rotatable bonds is 5. The van der Waals surface area contributed by atoms with Gasteiger partial charge in [0.2, 0.25) is 0 Å². The van der Waals surface area contributed by atoms with Crippen LogP contribution in [0.5, 0.6) is 0 Å². The van der Waals surface area contributed by atoms with Crippen molar-refractivity contribution in [3.05, 3.63) is 18.1 Å². The van der Waals surface area contributed by atoms with Crippen LogP contribution in [-0.2, 0) is 16.4 Å². The zero-order chi connectivity index (χ0) is 12.5. The van der Waals surface area contributed by atoms with Crippen LogP contribution < -0.4 is 11.1 Å². The molecule has 1 heterocycles. The van der Waals surface area contributed by atoms with Gasteiger partial charge in [0.1, 0.15) is 16.9 Å². The van der Waals surface area contributed by atoms with Gasteiger partial charge in [-0.25, -0.2) is 8.42 Å². The minimum atomic E-state index is -3.18. The Hall–Kier alpha value is -0.850. The van der Waals surface area contributed by atoms with E-state index in [9.17, 15) is 8.42 Å². The highest BCUT2D eigenvalue weighted by Crippen LogP contribution is 2.28. The standard InChI is InChI=1S/C11H18N2O3S/c1-17(14,15)10-5-9(16-7-10)6-13-8-11(12)3-2-4-11/h5,7,13H,2-4,6,8,12H2,1H3. The molecule has 1 aromatic rings. The van der Waals surface area contributed by atoms with Crippen LogP contribution in [0.15, 0.2) is 21.6 Å². The molecule has 1 aromatic heterocycles. The fourth-order valence-corrected chi connectivity index (χ4v) is 2.46. The van der Waals surface area contributed by atoms with Crippen LogP contribution in [0.25, 0.3) is 0 Å². The second kappa shape index (κ2) is 4.44. The summed E-state index contributed by atoms with van der Waals surface area (Å²) in [5.74, 6) is 0.619. The third-order valence-corrected chi connectivity index (χ3v) is 4.25. The summed E-state index contributed by atoms with van der Waals surface area (Å²) in [6, 6.07) is 1.55. The molecule has 1 aliphatic rings. The molecule has 0 radical (unpaired) electrons. The van der Waals surface area contributed by atoms with Crippen LogP contribution in [0.3, 0.4) is 0 Å². The highest BCUT2D eigenvalue weighted by atomic mass is 32.2. The number of nitrogens with two attached hydrogens (primary N) is 1. The molecule has 0 spiro atoms. The van der Waals surface area contributed by atoms with E-state index in [0.29, 0.717) is 12.3 Å². The number of sulfone groups is 1. The highest BCUT2D eigenvalue weighted by molar-refractivity contribution is 7.90. The molecule has 0 saturated heterocycles. The van der Waals surface area contributed by atoms with Gasteiger partial charge >= 0.3 is 0 Å². The Balaban J connectivity index is 1.85. The van der Waals surface area contributed by atoms with Crippen molar-refractivity contribution in [2.75, 3.05) is 12.8 Å². The van der Waals surface area contributed by atoms with Crippen LogP contribution in [-0.4, -0.2) is 26.8 Å². The van der Waals surface area contributed by atoms with E-state index in [4.69, 9.17) is 10.2 Å². The van der Waals surface area contributed by atoms with Gasteiger partial charge in [-0.3, -0.25) is 0 Å². The normalized spacial score (nSPS) is 18.9.